The second-order valence-electron chi connectivity index (χ2n) is 6.86. The summed E-state index contributed by atoms with van der Waals surface area (Å²) in [6.45, 7) is 0. The van der Waals surface area contributed by atoms with Crippen LogP contribution in [0.4, 0.5) is 0 Å². The van der Waals surface area contributed by atoms with Gasteiger partial charge in [-0.25, -0.2) is 4.79 Å². The Balaban J connectivity index is 1.69. The number of aromatic carboxylic acids is 1. The molecule has 1 aliphatic rings. The number of hydrogen-bond acceptors (Lipinski definition) is 5. The summed E-state index contributed by atoms with van der Waals surface area (Å²) in [5.41, 5.74) is 3.03. The van der Waals surface area contributed by atoms with E-state index in [4.69, 9.17) is 9.15 Å². The van der Waals surface area contributed by atoms with Crippen LogP contribution in [0.3, 0.4) is 0 Å². The number of aliphatic imine (C=N–C) groups is 1. The molecule has 5 nitrogen and oxygen atoms in total. The molecule has 31 heavy (non-hydrogen) atoms. The van der Waals surface area contributed by atoms with Crippen LogP contribution in [0, 0.1) is 0 Å². The molecule has 2 heterocycles. The highest BCUT2D eigenvalue weighted by Gasteiger charge is 2.16. The van der Waals surface area contributed by atoms with E-state index < -0.39 is 5.97 Å². The topological polar surface area (TPSA) is 72.0 Å². The molecule has 156 valence electrons. The number of thioether (sulfide) groups is 1. The van der Waals surface area contributed by atoms with Crippen LogP contribution in [0.5, 0.6) is 5.75 Å². The fourth-order valence-corrected chi connectivity index (χ4v) is 4.11. The SMILES string of the molecule is COc1cccc(-c2cc(CSC3=CCC=NC=C3)c(-c3ccc(C(=O)O)cc3)o2)c1. The van der Waals surface area contributed by atoms with Gasteiger partial charge in [-0.2, -0.15) is 0 Å². The van der Waals surface area contributed by atoms with Crippen LogP contribution in [0.1, 0.15) is 22.3 Å². The molecule has 0 unspecified atom stereocenters. The van der Waals surface area contributed by atoms with E-state index in [1.807, 2.05) is 42.6 Å². The summed E-state index contributed by atoms with van der Waals surface area (Å²) in [4.78, 5) is 16.5. The standard InChI is InChI=1S/C25H21NO4S/c1-29-21-5-2-4-19(14-21)23-15-20(16-31-22-6-3-12-26-13-11-22)24(30-23)17-7-9-18(10-8-17)25(27)28/h2,4-15H,3,16H2,1H3,(H,27,28). The van der Waals surface area contributed by atoms with Crippen LogP contribution < -0.4 is 4.74 Å². The van der Waals surface area contributed by atoms with Gasteiger partial charge in [0.25, 0.3) is 0 Å². The summed E-state index contributed by atoms with van der Waals surface area (Å²) in [7, 11) is 1.64. The molecule has 0 spiro atoms. The average molecular weight is 432 g/mol. The van der Waals surface area contributed by atoms with Gasteiger partial charge in [-0.1, -0.05) is 30.3 Å². The van der Waals surface area contributed by atoms with Crippen LogP contribution in [-0.4, -0.2) is 24.4 Å². The number of ether oxygens (including phenoxy) is 1. The normalized spacial score (nSPS) is 13.0. The number of hydrogen-bond donors (Lipinski definition) is 1. The van der Waals surface area contributed by atoms with Crippen LogP contribution in [-0.2, 0) is 5.75 Å². The Morgan fingerprint density at radius 3 is 2.77 bits per heavy atom. The van der Waals surface area contributed by atoms with Crippen molar-refractivity contribution in [3.05, 3.63) is 89.0 Å². The summed E-state index contributed by atoms with van der Waals surface area (Å²) >= 11 is 1.71. The summed E-state index contributed by atoms with van der Waals surface area (Å²) in [5.74, 6) is 1.98. The molecule has 4 rings (SSSR count). The fourth-order valence-electron chi connectivity index (χ4n) is 3.21. The van der Waals surface area contributed by atoms with Crippen LogP contribution in [0.25, 0.3) is 22.6 Å². The molecule has 2 aromatic carbocycles. The Kier molecular flexibility index (Phi) is 6.38. The van der Waals surface area contributed by atoms with Gasteiger partial charge in [-0.05, 0) is 36.4 Å². The fraction of sp³-hybridized carbons (Fsp3) is 0.120. The van der Waals surface area contributed by atoms with E-state index in [1.54, 1.807) is 49.3 Å². The lowest BCUT2D eigenvalue weighted by molar-refractivity contribution is 0.0697. The van der Waals surface area contributed by atoms with E-state index in [1.165, 1.54) is 0 Å². The maximum absolute atomic E-state index is 11.2. The van der Waals surface area contributed by atoms with Gasteiger partial charge in [0, 0.05) is 46.2 Å². The molecule has 3 aromatic rings. The molecule has 0 aliphatic carbocycles. The van der Waals surface area contributed by atoms with Crippen LogP contribution in [0.15, 0.2) is 87.3 Å². The first kappa shape index (κ1) is 20.8. The molecule has 0 amide bonds. The molecule has 1 aliphatic heterocycles. The average Bonchev–Trinajstić information content (AvgIpc) is 3.05. The second-order valence-corrected chi connectivity index (χ2v) is 7.91. The second kappa shape index (κ2) is 9.53. The maximum Gasteiger partial charge on any atom is 0.335 e. The van der Waals surface area contributed by atoms with Crippen molar-refractivity contribution in [3.8, 4) is 28.4 Å². The molecular weight excluding hydrogens is 410 g/mol. The van der Waals surface area contributed by atoms with Crippen LogP contribution in [0.2, 0.25) is 0 Å². The smallest absolute Gasteiger partial charge is 0.335 e. The highest BCUT2D eigenvalue weighted by atomic mass is 32.2. The predicted molar refractivity (Wildman–Crippen MR) is 125 cm³/mol. The van der Waals surface area contributed by atoms with E-state index >= 15 is 0 Å². The van der Waals surface area contributed by atoms with Crippen molar-refractivity contribution in [2.45, 2.75) is 12.2 Å². The molecular formula is C25H21NO4S. The van der Waals surface area contributed by atoms with E-state index in [-0.39, 0.29) is 5.56 Å². The quantitative estimate of drug-likeness (QED) is 0.467. The zero-order valence-electron chi connectivity index (χ0n) is 16.9. The van der Waals surface area contributed by atoms with Gasteiger partial charge >= 0.3 is 5.97 Å². The number of carboxylic acid groups (broad SMARTS) is 1. The summed E-state index contributed by atoms with van der Waals surface area (Å²) in [6.07, 6.45) is 8.62. The molecule has 0 saturated heterocycles. The minimum Gasteiger partial charge on any atom is -0.497 e. The van der Waals surface area contributed by atoms with Gasteiger partial charge in [-0.15, -0.1) is 11.8 Å². The van der Waals surface area contributed by atoms with Gasteiger partial charge < -0.3 is 14.3 Å². The first-order chi connectivity index (χ1) is 15.1. The number of allylic oxidation sites excluding steroid dienone is 2. The van der Waals surface area contributed by atoms with E-state index in [9.17, 15) is 9.90 Å². The number of carboxylic acids is 1. The van der Waals surface area contributed by atoms with E-state index in [2.05, 4.69) is 11.1 Å². The lowest BCUT2D eigenvalue weighted by Gasteiger charge is -2.04. The van der Waals surface area contributed by atoms with Crippen molar-refractivity contribution in [2.75, 3.05) is 7.11 Å². The Labute approximate surface area is 184 Å². The first-order valence-corrected chi connectivity index (χ1v) is 10.7. The Morgan fingerprint density at radius 1 is 1.16 bits per heavy atom. The van der Waals surface area contributed by atoms with Crippen LogP contribution >= 0.6 is 11.8 Å². The van der Waals surface area contributed by atoms with E-state index in [0.29, 0.717) is 5.75 Å². The number of carbonyl (C=O) groups is 1. The minimum absolute atomic E-state index is 0.244. The van der Waals surface area contributed by atoms with Gasteiger partial charge in [0.2, 0.25) is 0 Å². The molecule has 0 radical (unpaired) electrons. The zero-order chi connectivity index (χ0) is 21.6. The van der Waals surface area contributed by atoms with Gasteiger partial charge in [0.05, 0.1) is 12.7 Å². The summed E-state index contributed by atoms with van der Waals surface area (Å²) in [5, 5.41) is 9.19. The molecule has 0 bridgehead atoms. The minimum atomic E-state index is -0.951. The molecule has 0 fully saturated rings. The zero-order valence-corrected chi connectivity index (χ0v) is 17.8. The number of methoxy groups -OCH3 is 1. The van der Waals surface area contributed by atoms with Gasteiger partial charge in [0.15, 0.2) is 0 Å². The van der Waals surface area contributed by atoms with Crippen molar-refractivity contribution >= 4 is 23.9 Å². The molecule has 0 saturated carbocycles. The van der Waals surface area contributed by atoms with Crippen molar-refractivity contribution in [2.24, 2.45) is 4.99 Å². The molecule has 1 aromatic heterocycles. The lowest BCUT2D eigenvalue weighted by atomic mass is 10.1. The Morgan fingerprint density at radius 2 is 2.00 bits per heavy atom. The van der Waals surface area contributed by atoms with E-state index in [0.717, 1.165) is 45.3 Å². The summed E-state index contributed by atoms with van der Waals surface area (Å²) < 4.78 is 11.6. The van der Waals surface area contributed by atoms with Gasteiger partial charge in [0.1, 0.15) is 17.3 Å². The number of benzene rings is 2. The Hall–Kier alpha value is -3.51. The highest BCUT2D eigenvalue weighted by Crippen LogP contribution is 2.37. The Bertz CT molecular complexity index is 1170. The monoisotopic (exact) mass is 431 g/mol. The van der Waals surface area contributed by atoms with Crippen molar-refractivity contribution in [1.29, 1.82) is 0 Å². The highest BCUT2D eigenvalue weighted by molar-refractivity contribution is 8.02. The number of nitrogens with zero attached hydrogens (tertiary/aromatic N) is 1. The largest absolute Gasteiger partial charge is 0.497 e. The predicted octanol–water partition coefficient (Wildman–Crippen LogP) is 6.43. The molecule has 1 N–H and O–H groups in total. The molecule has 6 heteroatoms. The van der Waals surface area contributed by atoms with Crippen molar-refractivity contribution in [3.63, 3.8) is 0 Å². The third kappa shape index (κ3) is 4.98. The van der Waals surface area contributed by atoms with Crippen molar-refractivity contribution < 1.29 is 19.1 Å². The third-order valence-corrected chi connectivity index (χ3v) is 5.90. The first-order valence-electron chi connectivity index (χ1n) is 9.76. The summed E-state index contributed by atoms with van der Waals surface area (Å²) in [6, 6.07) is 16.5. The van der Waals surface area contributed by atoms with Crippen molar-refractivity contribution in [1.82, 2.24) is 0 Å². The molecule has 0 atom stereocenters. The lowest BCUT2D eigenvalue weighted by Crippen LogP contribution is -1.95. The number of rotatable bonds is 7. The maximum atomic E-state index is 11.2. The third-order valence-electron chi connectivity index (χ3n) is 4.81. The number of furan rings is 1. The van der Waals surface area contributed by atoms with Gasteiger partial charge in [-0.3, -0.25) is 4.99 Å².